The van der Waals surface area contributed by atoms with Gasteiger partial charge in [0, 0.05) is 11.5 Å². The minimum Gasteiger partial charge on any atom is -0.267 e. The summed E-state index contributed by atoms with van der Waals surface area (Å²) in [6.45, 7) is 1.90. The first-order chi connectivity index (χ1) is 13.0. The zero-order valence-electron chi connectivity index (χ0n) is 14.2. The van der Waals surface area contributed by atoms with E-state index in [0.29, 0.717) is 5.39 Å². The molecule has 3 aromatic rings. The predicted molar refractivity (Wildman–Crippen MR) is 99.9 cm³/mol. The third-order valence-corrected chi connectivity index (χ3v) is 4.56. The molecule has 1 aliphatic rings. The monoisotopic (exact) mass is 359 g/mol. The highest BCUT2D eigenvalue weighted by Crippen LogP contribution is 2.35. The van der Waals surface area contributed by atoms with Crippen LogP contribution in [0.25, 0.3) is 10.8 Å². The second-order valence-electron chi connectivity index (χ2n) is 6.14. The van der Waals surface area contributed by atoms with Crippen LogP contribution in [0, 0.1) is 17.0 Å². The number of aryl methyl sites for hydroxylation is 1. The van der Waals surface area contributed by atoms with Crippen molar-refractivity contribution in [2.45, 2.75) is 6.92 Å². The molecule has 0 saturated carbocycles. The van der Waals surface area contributed by atoms with Gasteiger partial charge in [-0.15, -0.1) is 0 Å². The molecular weight excluding hydrogens is 346 g/mol. The van der Waals surface area contributed by atoms with Crippen molar-refractivity contribution >= 4 is 34.5 Å². The molecule has 7 heteroatoms. The summed E-state index contributed by atoms with van der Waals surface area (Å²) in [4.78, 5) is 36.4. The van der Waals surface area contributed by atoms with Crippen molar-refractivity contribution in [3.05, 3.63) is 87.0 Å². The zero-order valence-corrected chi connectivity index (χ0v) is 14.2. The minimum atomic E-state index is -0.608. The maximum Gasteiger partial charge on any atom is 0.282 e. The molecule has 1 heterocycles. The molecule has 1 aliphatic heterocycles. The first-order valence-electron chi connectivity index (χ1n) is 8.17. The van der Waals surface area contributed by atoms with Crippen molar-refractivity contribution in [3.63, 3.8) is 0 Å². The van der Waals surface area contributed by atoms with Crippen LogP contribution in [0.5, 0.6) is 0 Å². The SMILES string of the molecule is Cc1ccccc1C=NN1C(=O)c2cccc3c([N+](=O)[O-])ccc(c23)C1=O. The summed E-state index contributed by atoms with van der Waals surface area (Å²) in [6.07, 6.45) is 1.46. The van der Waals surface area contributed by atoms with Gasteiger partial charge >= 0.3 is 0 Å². The number of benzene rings is 3. The Morgan fingerprint density at radius 2 is 1.67 bits per heavy atom. The molecule has 0 unspecified atom stereocenters. The van der Waals surface area contributed by atoms with Gasteiger partial charge in [0.05, 0.1) is 27.7 Å². The van der Waals surface area contributed by atoms with Crippen molar-refractivity contribution < 1.29 is 14.5 Å². The smallest absolute Gasteiger partial charge is 0.267 e. The highest BCUT2D eigenvalue weighted by Gasteiger charge is 2.34. The number of nitrogens with zero attached hydrogens (tertiary/aromatic N) is 3. The van der Waals surface area contributed by atoms with Gasteiger partial charge in [-0.05, 0) is 36.2 Å². The molecule has 7 nitrogen and oxygen atoms in total. The first kappa shape index (κ1) is 16.6. The largest absolute Gasteiger partial charge is 0.282 e. The van der Waals surface area contributed by atoms with Crippen LogP contribution in [0.3, 0.4) is 0 Å². The lowest BCUT2D eigenvalue weighted by atomic mass is 9.94. The topological polar surface area (TPSA) is 92.9 Å². The van der Waals surface area contributed by atoms with E-state index >= 15 is 0 Å². The summed E-state index contributed by atoms with van der Waals surface area (Å²) in [5.41, 5.74) is 2.02. The lowest BCUT2D eigenvalue weighted by Crippen LogP contribution is -2.36. The van der Waals surface area contributed by atoms with Crippen molar-refractivity contribution in [1.29, 1.82) is 0 Å². The Morgan fingerprint density at radius 3 is 2.37 bits per heavy atom. The quantitative estimate of drug-likeness (QED) is 0.308. The van der Waals surface area contributed by atoms with Gasteiger partial charge in [0.15, 0.2) is 0 Å². The Labute approximate surface area is 153 Å². The molecule has 0 saturated heterocycles. The van der Waals surface area contributed by atoms with Gasteiger partial charge in [-0.2, -0.15) is 10.1 Å². The molecule has 0 N–H and O–H groups in total. The standard InChI is InChI=1S/C20H13N3O4/c1-12-5-2-3-6-13(12)11-21-22-19(24)15-8-4-7-14-17(23(26)27)10-9-16(18(14)15)20(22)25/h2-11H,1H3. The van der Waals surface area contributed by atoms with Crippen LogP contribution >= 0.6 is 0 Å². The summed E-state index contributed by atoms with van der Waals surface area (Å²) in [5, 5.41) is 16.7. The number of imide groups is 1. The van der Waals surface area contributed by atoms with Crippen LogP contribution in [-0.4, -0.2) is 28.0 Å². The second kappa shape index (κ2) is 6.14. The molecule has 27 heavy (non-hydrogen) atoms. The molecule has 0 spiro atoms. The molecule has 0 aliphatic carbocycles. The van der Waals surface area contributed by atoms with Crippen LogP contribution in [0.15, 0.2) is 59.7 Å². The van der Waals surface area contributed by atoms with Crippen molar-refractivity contribution in [3.8, 4) is 0 Å². The summed E-state index contributed by atoms with van der Waals surface area (Å²) in [6, 6.07) is 14.7. The Kier molecular flexibility index (Phi) is 3.77. The van der Waals surface area contributed by atoms with E-state index in [1.165, 1.54) is 24.4 Å². The van der Waals surface area contributed by atoms with E-state index in [4.69, 9.17) is 0 Å². The highest BCUT2D eigenvalue weighted by atomic mass is 16.6. The molecule has 0 atom stereocenters. The molecule has 0 bridgehead atoms. The minimum absolute atomic E-state index is 0.145. The van der Waals surface area contributed by atoms with E-state index in [0.717, 1.165) is 16.1 Å². The Bertz CT molecular complexity index is 1140. The summed E-state index contributed by atoms with van der Waals surface area (Å²) in [7, 11) is 0. The van der Waals surface area contributed by atoms with Gasteiger partial charge in [0.1, 0.15) is 0 Å². The fraction of sp³-hybridized carbons (Fsp3) is 0.0500. The van der Waals surface area contributed by atoms with Crippen LogP contribution < -0.4 is 0 Å². The van der Waals surface area contributed by atoms with Gasteiger partial charge in [-0.1, -0.05) is 30.3 Å². The van der Waals surface area contributed by atoms with Crippen LogP contribution in [-0.2, 0) is 0 Å². The fourth-order valence-corrected chi connectivity index (χ4v) is 3.18. The molecule has 0 fully saturated rings. The lowest BCUT2D eigenvalue weighted by Gasteiger charge is -2.23. The molecule has 4 rings (SSSR count). The van der Waals surface area contributed by atoms with E-state index in [-0.39, 0.29) is 22.2 Å². The fourth-order valence-electron chi connectivity index (χ4n) is 3.18. The van der Waals surface area contributed by atoms with E-state index in [2.05, 4.69) is 5.10 Å². The molecule has 3 aromatic carbocycles. The molecule has 132 valence electrons. The third-order valence-electron chi connectivity index (χ3n) is 4.56. The van der Waals surface area contributed by atoms with Gasteiger partial charge in [-0.25, -0.2) is 0 Å². The Balaban J connectivity index is 1.85. The normalized spacial score (nSPS) is 13.6. The summed E-state index contributed by atoms with van der Waals surface area (Å²) < 4.78 is 0. The van der Waals surface area contributed by atoms with Crippen LogP contribution in [0.2, 0.25) is 0 Å². The second-order valence-corrected chi connectivity index (χ2v) is 6.14. The van der Waals surface area contributed by atoms with Gasteiger partial charge in [0.2, 0.25) is 0 Å². The number of amides is 2. The van der Waals surface area contributed by atoms with Gasteiger partial charge in [-0.3, -0.25) is 19.7 Å². The number of carbonyl (C=O) groups excluding carboxylic acids is 2. The third kappa shape index (κ3) is 2.56. The van der Waals surface area contributed by atoms with Crippen LogP contribution in [0.4, 0.5) is 5.69 Å². The average Bonchev–Trinajstić information content (AvgIpc) is 2.66. The maximum atomic E-state index is 12.8. The molecular formula is C20H13N3O4. The number of hydrazone groups is 1. The van der Waals surface area contributed by atoms with Gasteiger partial charge < -0.3 is 0 Å². The number of rotatable bonds is 3. The summed E-state index contributed by atoms with van der Waals surface area (Å²) in [5.74, 6) is -1.22. The maximum absolute atomic E-state index is 12.8. The number of hydrogen-bond donors (Lipinski definition) is 0. The number of carbonyl (C=O) groups is 2. The van der Waals surface area contributed by atoms with Crippen LogP contribution in [0.1, 0.15) is 31.8 Å². The number of nitro groups is 1. The van der Waals surface area contributed by atoms with E-state index in [9.17, 15) is 19.7 Å². The molecule has 0 aromatic heterocycles. The molecule has 2 amide bonds. The van der Waals surface area contributed by atoms with E-state index in [1.807, 2.05) is 31.2 Å². The van der Waals surface area contributed by atoms with Crippen molar-refractivity contribution in [2.75, 3.05) is 0 Å². The molecule has 0 radical (unpaired) electrons. The predicted octanol–water partition coefficient (Wildman–Crippen LogP) is 3.69. The van der Waals surface area contributed by atoms with Gasteiger partial charge in [0.25, 0.3) is 17.5 Å². The summed E-state index contributed by atoms with van der Waals surface area (Å²) >= 11 is 0. The zero-order chi connectivity index (χ0) is 19.1. The van der Waals surface area contributed by atoms with Crippen molar-refractivity contribution in [1.82, 2.24) is 5.01 Å². The number of non-ortho nitro benzene ring substituents is 1. The number of hydrogen-bond acceptors (Lipinski definition) is 5. The van der Waals surface area contributed by atoms with E-state index in [1.54, 1.807) is 12.1 Å². The number of nitro benzene ring substituents is 1. The Hall–Kier alpha value is -3.87. The van der Waals surface area contributed by atoms with E-state index < -0.39 is 16.7 Å². The first-order valence-corrected chi connectivity index (χ1v) is 8.17. The Morgan fingerprint density at radius 1 is 0.963 bits per heavy atom. The lowest BCUT2D eigenvalue weighted by molar-refractivity contribution is -0.383. The highest BCUT2D eigenvalue weighted by molar-refractivity contribution is 6.26. The van der Waals surface area contributed by atoms with Crippen molar-refractivity contribution in [2.24, 2.45) is 5.10 Å². The average molecular weight is 359 g/mol.